The second-order valence-corrected chi connectivity index (χ2v) is 5.85. The molecular formula is C16H11ClN5O+. The Balaban J connectivity index is 2.25. The molecule has 0 aliphatic heterocycles. The van der Waals surface area contributed by atoms with Gasteiger partial charge in [0.15, 0.2) is 11.3 Å². The third kappa shape index (κ3) is 1.44. The molecule has 0 unspecified atom stereocenters. The number of aryl methyl sites for hydroxylation is 1. The van der Waals surface area contributed by atoms with Crippen LogP contribution in [0.4, 0.5) is 0 Å². The maximum Gasteiger partial charge on any atom is 0.297 e. The lowest BCUT2D eigenvalue weighted by atomic mass is 10.2. The van der Waals surface area contributed by atoms with Crippen LogP contribution in [-0.2, 0) is 0 Å². The summed E-state index contributed by atoms with van der Waals surface area (Å²) in [5.41, 5.74) is 4.84. The molecule has 0 spiro atoms. The number of halogens is 1. The van der Waals surface area contributed by atoms with Gasteiger partial charge in [-0.05, 0) is 19.1 Å². The van der Waals surface area contributed by atoms with Crippen molar-refractivity contribution in [3.8, 4) is 5.75 Å². The molecule has 0 saturated carbocycles. The molecule has 0 saturated heterocycles. The number of benzene rings is 1. The molecule has 7 heteroatoms. The van der Waals surface area contributed by atoms with Gasteiger partial charge < -0.3 is 4.74 Å². The van der Waals surface area contributed by atoms with E-state index in [1.54, 1.807) is 7.11 Å². The largest absolute Gasteiger partial charge is 0.494 e. The molecule has 4 aromatic heterocycles. The van der Waals surface area contributed by atoms with Crippen molar-refractivity contribution in [2.75, 3.05) is 7.11 Å². The van der Waals surface area contributed by atoms with E-state index in [2.05, 4.69) is 19.6 Å². The van der Waals surface area contributed by atoms with E-state index in [-0.39, 0.29) is 0 Å². The van der Waals surface area contributed by atoms with E-state index >= 15 is 0 Å². The zero-order chi connectivity index (χ0) is 15.7. The van der Waals surface area contributed by atoms with Crippen LogP contribution in [0.15, 0.2) is 30.5 Å². The highest BCUT2D eigenvalue weighted by molar-refractivity contribution is 6.36. The van der Waals surface area contributed by atoms with Crippen molar-refractivity contribution in [1.82, 2.24) is 19.6 Å². The summed E-state index contributed by atoms with van der Waals surface area (Å²) in [6.45, 7) is 1.92. The molecule has 5 aromatic rings. The van der Waals surface area contributed by atoms with Crippen LogP contribution < -0.4 is 9.14 Å². The summed E-state index contributed by atoms with van der Waals surface area (Å²) < 4.78 is 9.53. The van der Waals surface area contributed by atoms with Crippen molar-refractivity contribution in [1.29, 1.82) is 0 Å². The van der Waals surface area contributed by atoms with Gasteiger partial charge in [0.1, 0.15) is 16.6 Å². The highest BCUT2D eigenvalue weighted by Crippen LogP contribution is 2.30. The smallest absolute Gasteiger partial charge is 0.297 e. The first-order valence-corrected chi connectivity index (χ1v) is 7.52. The first kappa shape index (κ1) is 12.8. The Labute approximate surface area is 135 Å². The molecule has 23 heavy (non-hydrogen) atoms. The molecule has 0 N–H and O–H groups in total. The van der Waals surface area contributed by atoms with Crippen LogP contribution in [0.5, 0.6) is 5.75 Å². The van der Waals surface area contributed by atoms with E-state index in [0.29, 0.717) is 10.8 Å². The zero-order valence-corrected chi connectivity index (χ0v) is 13.2. The minimum Gasteiger partial charge on any atom is -0.494 e. The van der Waals surface area contributed by atoms with E-state index in [4.69, 9.17) is 16.3 Å². The van der Waals surface area contributed by atoms with Gasteiger partial charge in [-0.1, -0.05) is 17.7 Å². The fourth-order valence-electron chi connectivity index (χ4n) is 3.23. The Morgan fingerprint density at radius 2 is 2.00 bits per heavy atom. The van der Waals surface area contributed by atoms with Crippen molar-refractivity contribution in [2.45, 2.75) is 6.92 Å². The lowest BCUT2D eigenvalue weighted by molar-refractivity contribution is -0.455. The molecule has 0 amide bonds. The molecule has 5 rings (SSSR count). The first-order valence-electron chi connectivity index (χ1n) is 7.14. The summed E-state index contributed by atoms with van der Waals surface area (Å²) in [6.07, 6.45) is 1.95. The maximum absolute atomic E-state index is 6.45. The molecule has 0 bridgehead atoms. The molecule has 0 aliphatic carbocycles. The normalized spacial score (nSPS) is 12.1. The molecule has 1 aromatic carbocycles. The second kappa shape index (κ2) is 4.17. The quantitative estimate of drug-likeness (QED) is 0.270. The van der Waals surface area contributed by atoms with E-state index in [1.807, 2.05) is 41.8 Å². The Morgan fingerprint density at radius 1 is 1.17 bits per heavy atom. The predicted molar refractivity (Wildman–Crippen MR) is 86.4 cm³/mol. The number of hydrogen-bond acceptors (Lipinski definition) is 4. The third-order valence-electron chi connectivity index (χ3n) is 4.22. The molecule has 0 atom stereocenters. The van der Waals surface area contributed by atoms with Crippen LogP contribution in [0.2, 0.25) is 5.02 Å². The van der Waals surface area contributed by atoms with E-state index in [9.17, 15) is 0 Å². The summed E-state index contributed by atoms with van der Waals surface area (Å²) in [5, 5.41) is 10.2. The van der Waals surface area contributed by atoms with Gasteiger partial charge in [0.25, 0.3) is 11.3 Å². The Morgan fingerprint density at radius 3 is 2.83 bits per heavy atom. The summed E-state index contributed by atoms with van der Waals surface area (Å²) in [4.78, 5) is 4.68. The molecule has 6 nitrogen and oxygen atoms in total. The minimum atomic E-state index is 0.647. The van der Waals surface area contributed by atoms with Gasteiger partial charge in [-0.15, -0.1) is 0 Å². The summed E-state index contributed by atoms with van der Waals surface area (Å²) in [7, 11) is 1.64. The summed E-state index contributed by atoms with van der Waals surface area (Å²) in [5.74, 6) is 0.714. The van der Waals surface area contributed by atoms with Crippen LogP contribution in [0.3, 0.4) is 0 Å². The number of aromatic nitrogens is 5. The fraction of sp³-hybridized carbons (Fsp3) is 0.125. The number of nitrogens with zero attached hydrogens (tertiary/aromatic N) is 5. The Bertz CT molecular complexity index is 1230. The van der Waals surface area contributed by atoms with Crippen molar-refractivity contribution in [3.63, 3.8) is 0 Å². The van der Waals surface area contributed by atoms with Crippen LogP contribution in [-0.4, -0.2) is 26.7 Å². The van der Waals surface area contributed by atoms with Crippen molar-refractivity contribution in [2.24, 2.45) is 0 Å². The third-order valence-corrected chi connectivity index (χ3v) is 4.54. The lowest BCUT2D eigenvalue weighted by Crippen LogP contribution is -2.28. The number of fused-ring (bicyclic) bond motifs is 3. The average molecular weight is 325 g/mol. The van der Waals surface area contributed by atoms with E-state index in [1.165, 1.54) is 0 Å². The average Bonchev–Trinajstić information content (AvgIpc) is 3.00. The van der Waals surface area contributed by atoms with Gasteiger partial charge in [-0.3, -0.25) is 0 Å². The van der Waals surface area contributed by atoms with Crippen molar-refractivity contribution < 1.29 is 9.14 Å². The molecule has 112 valence electrons. The molecular weight excluding hydrogens is 314 g/mol. The number of hydrogen-bond donors (Lipinski definition) is 0. The first-order chi connectivity index (χ1) is 11.2. The van der Waals surface area contributed by atoms with Gasteiger partial charge in [-0.25, -0.2) is 9.38 Å². The fourth-order valence-corrected chi connectivity index (χ4v) is 3.48. The molecule has 0 radical (unpaired) electrons. The Hall–Kier alpha value is -2.73. The Kier molecular flexibility index (Phi) is 2.32. The SMILES string of the molecule is COc1ccn2c3cccc(Cl)c3c3nnc4c(C)nc1c2[n+]43. The van der Waals surface area contributed by atoms with Gasteiger partial charge in [0.05, 0.1) is 18.3 Å². The zero-order valence-electron chi connectivity index (χ0n) is 12.4. The maximum atomic E-state index is 6.45. The number of pyridine rings is 1. The molecule has 0 fully saturated rings. The number of rotatable bonds is 1. The van der Waals surface area contributed by atoms with Gasteiger partial charge >= 0.3 is 0 Å². The van der Waals surface area contributed by atoms with Crippen LogP contribution in [0, 0.1) is 6.92 Å². The van der Waals surface area contributed by atoms with Crippen molar-refractivity contribution in [3.05, 3.63) is 41.2 Å². The van der Waals surface area contributed by atoms with Gasteiger partial charge in [0.2, 0.25) is 5.65 Å². The highest BCUT2D eigenvalue weighted by atomic mass is 35.5. The summed E-state index contributed by atoms with van der Waals surface area (Å²) in [6, 6.07) is 7.70. The molecule has 0 aliphatic rings. The van der Waals surface area contributed by atoms with E-state index in [0.717, 1.165) is 39.1 Å². The van der Waals surface area contributed by atoms with Gasteiger partial charge in [-0.2, -0.15) is 4.40 Å². The highest BCUT2D eigenvalue weighted by Gasteiger charge is 2.27. The molecule has 4 heterocycles. The number of ether oxygens (including phenoxy) is 1. The topological polar surface area (TPSA) is 56.4 Å². The van der Waals surface area contributed by atoms with Crippen LogP contribution >= 0.6 is 11.6 Å². The van der Waals surface area contributed by atoms with Crippen molar-refractivity contribution >= 4 is 45.0 Å². The second-order valence-electron chi connectivity index (χ2n) is 5.44. The summed E-state index contributed by atoms with van der Waals surface area (Å²) >= 11 is 6.45. The minimum absolute atomic E-state index is 0.647. The lowest BCUT2D eigenvalue weighted by Gasteiger charge is -2.11. The van der Waals surface area contributed by atoms with Crippen LogP contribution in [0.1, 0.15) is 5.69 Å². The standard InChI is InChI=1S/C16H11ClN5O/c1-8-14-19-20-15-12-9(17)4-3-5-10(12)21-7-6-11(23-2)13(18-8)16(21)22(14)15/h3-7H,1-2H3/q+1. The van der Waals surface area contributed by atoms with E-state index < -0.39 is 0 Å². The monoisotopic (exact) mass is 324 g/mol. The van der Waals surface area contributed by atoms with Crippen LogP contribution in [0.25, 0.3) is 33.4 Å². The van der Waals surface area contributed by atoms with Gasteiger partial charge in [0, 0.05) is 16.3 Å². The predicted octanol–water partition coefficient (Wildman–Crippen LogP) is 2.58. The number of methoxy groups -OCH3 is 1.